The zero-order valence-electron chi connectivity index (χ0n) is 12.7. The number of benzene rings is 1. The van der Waals surface area contributed by atoms with Crippen LogP contribution < -0.4 is 15.5 Å². The van der Waals surface area contributed by atoms with Gasteiger partial charge in [0.1, 0.15) is 0 Å². The number of hydrogen-bond donors (Lipinski definition) is 2. The molecule has 1 aliphatic heterocycles. The quantitative estimate of drug-likeness (QED) is 0.854. The highest BCUT2D eigenvalue weighted by Crippen LogP contribution is 2.20. The van der Waals surface area contributed by atoms with Crippen LogP contribution in [0.25, 0.3) is 0 Å². The van der Waals surface area contributed by atoms with E-state index in [9.17, 15) is 9.59 Å². The van der Waals surface area contributed by atoms with Gasteiger partial charge in [0.25, 0.3) is 0 Å². The summed E-state index contributed by atoms with van der Waals surface area (Å²) in [4.78, 5) is 26.5. The van der Waals surface area contributed by atoms with Crippen molar-refractivity contribution in [2.24, 2.45) is 0 Å². The molecule has 3 rings (SSSR count). The Morgan fingerprint density at radius 2 is 2.09 bits per heavy atom. The monoisotopic (exact) mass is 329 g/mol. The van der Waals surface area contributed by atoms with E-state index >= 15 is 0 Å². The fourth-order valence-corrected chi connectivity index (χ4v) is 3.30. The van der Waals surface area contributed by atoms with Gasteiger partial charge in [0.05, 0.1) is 0 Å². The summed E-state index contributed by atoms with van der Waals surface area (Å²) in [7, 11) is 0. The second kappa shape index (κ2) is 7.28. The first-order chi connectivity index (χ1) is 11.2. The number of rotatable bonds is 6. The maximum Gasteiger partial charge on any atom is 0.321 e. The summed E-state index contributed by atoms with van der Waals surface area (Å²) >= 11 is 1.72. The van der Waals surface area contributed by atoms with E-state index in [0.29, 0.717) is 19.5 Å². The summed E-state index contributed by atoms with van der Waals surface area (Å²) in [5.41, 5.74) is 1.60. The molecule has 3 amide bonds. The normalized spacial score (nSPS) is 13.9. The van der Waals surface area contributed by atoms with Gasteiger partial charge < -0.3 is 10.6 Å². The average molecular weight is 329 g/mol. The highest BCUT2D eigenvalue weighted by Gasteiger charge is 2.20. The number of anilines is 2. The third-order valence-corrected chi connectivity index (χ3v) is 4.66. The fraction of sp³-hybridized carbons (Fsp3) is 0.294. The molecule has 0 saturated carbocycles. The summed E-state index contributed by atoms with van der Waals surface area (Å²) in [5, 5.41) is 7.72. The molecule has 120 valence electrons. The molecule has 0 radical (unpaired) electrons. The molecule has 0 aliphatic carbocycles. The Labute approximate surface area is 139 Å². The molecule has 0 bridgehead atoms. The lowest BCUT2D eigenvalue weighted by molar-refractivity contribution is -0.116. The predicted octanol–water partition coefficient (Wildman–Crippen LogP) is 3.24. The molecule has 0 unspecified atom stereocenters. The van der Waals surface area contributed by atoms with E-state index < -0.39 is 0 Å². The average Bonchev–Trinajstić information content (AvgIpc) is 3.20. The molecule has 2 aromatic rings. The lowest BCUT2D eigenvalue weighted by Gasteiger charge is -2.14. The molecule has 5 nitrogen and oxygen atoms in total. The van der Waals surface area contributed by atoms with Crippen molar-refractivity contribution in [3.63, 3.8) is 0 Å². The van der Waals surface area contributed by atoms with Crippen LogP contribution in [0.3, 0.4) is 0 Å². The van der Waals surface area contributed by atoms with Crippen molar-refractivity contribution in [1.82, 2.24) is 5.32 Å². The van der Waals surface area contributed by atoms with Gasteiger partial charge in [-0.2, -0.15) is 0 Å². The Hall–Kier alpha value is -2.34. The smallest absolute Gasteiger partial charge is 0.321 e. The first-order valence-electron chi connectivity index (χ1n) is 7.70. The van der Waals surface area contributed by atoms with Gasteiger partial charge in [0.15, 0.2) is 0 Å². The number of nitrogens with one attached hydrogen (secondary N) is 2. The van der Waals surface area contributed by atoms with Crippen LogP contribution in [0.15, 0.2) is 41.8 Å². The Morgan fingerprint density at radius 1 is 1.26 bits per heavy atom. The van der Waals surface area contributed by atoms with Crippen molar-refractivity contribution < 1.29 is 9.59 Å². The molecule has 1 saturated heterocycles. The first kappa shape index (κ1) is 15.6. The van der Waals surface area contributed by atoms with E-state index in [1.807, 2.05) is 30.3 Å². The Balaban J connectivity index is 1.47. The Bertz CT molecular complexity index is 668. The van der Waals surface area contributed by atoms with Crippen molar-refractivity contribution in [2.75, 3.05) is 23.3 Å². The largest absolute Gasteiger partial charge is 0.336 e. The third kappa shape index (κ3) is 4.10. The van der Waals surface area contributed by atoms with Crippen LogP contribution in [-0.2, 0) is 11.2 Å². The van der Waals surface area contributed by atoms with Gasteiger partial charge in [-0.05, 0) is 48.6 Å². The summed E-state index contributed by atoms with van der Waals surface area (Å²) in [6.07, 6.45) is 2.29. The fourth-order valence-electron chi connectivity index (χ4n) is 2.54. The number of nitrogens with zero attached hydrogens (tertiary/aromatic N) is 1. The van der Waals surface area contributed by atoms with E-state index in [1.54, 1.807) is 16.2 Å². The van der Waals surface area contributed by atoms with Gasteiger partial charge in [-0.1, -0.05) is 6.07 Å². The molecule has 1 aliphatic rings. The molecule has 2 heterocycles. The number of thiophene rings is 1. The highest BCUT2D eigenvalue weighted by molar-refractivity contribution is 7.09. The lowest BCUT2D eigenvalue weighted by Crippen LogP contribution is -2.27. The lowest BCUT2D eigenvalue weighted by atomic mass is 10.2. The molecule has 1 fully saturated rings. The van der Waals surface area contributed by atoms with Crippen molar-refractivity contribution >= 4 is 34.6 Å². The van der Waals surface area contributed by atoms with E-state index in [0.717, 1.165) is 24.2 Å². The highest BCUT2D eigenvalue weighted by atomic mass is 32.1. The van der Waals surface area contributed by atoms with Gasteiger partial charge in [-0.25, -0.2) is 4.79 Å². The van der Waals surface area contributed by atoms with Crippen LogP contribution in [0.5, 0.6) is 0 Å². The molecular formula is C17H19N3O2S. The van der Waals surface area contributed by atoms with Crippen molar-refractivity contribution in [2.45, 2.75) is 19.3 Å². The molecule has 6 heteroatoms. The van der Waals surface area contributed by atoms with Gasteiger partial charge in [-0.15, -0.1) is 11.3 Å². The number of carbonyl (C=O) groups is 2. The molecule has 2 N–H and O–H groups in total. The van der Waals surface area contributed by atoms with Crippen LogP contribution in [-0.4, -0.2) is 25.0 Å². The van der Waals surface area contributed by atoms with E-state index in [4.69, 9.17) is 0 Å². The van der Waals surface area contributed by atoms with E-state index in [1.165, 1.54) is 4.88 Å². The zero-order valence-corrected chi connectivity index (χ0v) is 13.6. The molecule has 0 spiro atoms. The maximum absolute atomic E-state index is 12.0. The summed E-state index contributed by atoms with van der Waals surface area (Å²) in [5.74, 6) is 0.0215. The zero-order chi connectivity index (χ0) is 16.1. The third-order valence-electron chi connectivity index (χ3n) is 3.73. The van der Waals surface area contributed by atoms with Crippen molar-refractivity contribution in [1.29, 1.82) is 0 Å². The number of hydrogen-bond acceptors (Lipinski definition) is 3. The number of urea groups is 1. The second-order valence-corrected chi connectivity index (χ2v) is 6.44. The number of carbonyl (C=O) groups excluding carboxylic acids is 2. The van der Waals surface area contributed by atoms with Crippen LogP contribution >= 0.6 is 11.3 Å². The minimum Gasteiger partial charge on any atom is -0.336 e. The van der Waals surface area contributed by atoms with Gasteiger partial charge >= 0.3 is 6.03 Å². The molecule has 23 heavy (non-hydrogen) atoms. The standard InChI is InChI=1S/C17H19N3O2S/c21-16(5-1-3-15-4-2-12-23-15)19-13-6-8-14(9-7-13)20-11-10-18-17(20)22/h2,4,6-9,12H,1,3,5,10-11H2,(H,18,22)(H,19,21). The van der Waals surface area contributed by atoms with Crippen molar-refractivity contribution in [3.8, 4) is 0 Å². The minimum absolute atomic E-state index is 0.0215. The van der Waals surface area contributed by atoms with Crippen molar-refractivity contribution in [3.05, 3.63) is 46.7 Å². The van der Waals surface area contributed by atoms with Crippen LogP contribution in [0, 0.1) is 0 Å². The van der Waals surface area contributed by atoms with Crippen LogP contribution in [0.1, 0.15) is 17.7 Å². The molecular weight excluding hydrogens is 310 g/mol. The predicted molar refractivity (Wildman–Crippen MR) is 93.1 cm³/mol. The van der Waals surface area contributed by atoms with Gasteiger partial charge in [-0.3, -0.25) is 9.69 Å². The van der Waals surface area contributed by atoms with Crippen LogP contribution in [0.4, 0.5) is 16.2 Å². The topological polar surface area (TPSA) is 61.4 Å². The Morgan fingerprint density at radius 3 is 2.74 bits per heavy atom. The SMILES string of the molecule is O=C(CCCc1cccs1)Nc1ccc(N2CCNC2=O)cc1. The first-order valence-corrected chi connectivity index (χ1v) is 8.58. The van der Waals surface area contributed by atoms with Gasteiger partial charge in [0.2, 0.25) is 5.91 Å². The summed E-state index contributed by atoms with van der Waals surface area (Å²) in [6.45, 7) is 1.34. The van der Waals surface area contributed by atoms with E-state index in [2.05, 4.69) is 22.1 Å². The molecule has 1 aromatic carbocycles. The minimum atomic E-state index is -0.0737. The number of aryl methyl sites for hydroxylation is 1. The number of amides is 3. The second-order valence-electron chi connectivity index (χ2n) is 5.41. The summed E-state index contributed by atoms with van der Waals surface area (Å²) < 4.78 is 0. The van der Waals surface area contributed by atoms with E-state index in [-0.39, 0.29) is 11.9 Å². The van der Waals surface area contributed by atoms with Crippen LogP contribution in [0.2, 0.25) is 0 Å². The Kier molecular flexibility index (Phi) is 4.92. The summed E-state index contributed by atoms with van der Waals surface area (Å²) in [6, 6.07) is 11.4. The maximum atomic E-state index is 12.0. The van der Waals surface area contributed by atoms with Gasteiger partial charge in [0, 0.05) is 35.8 Å². The molecule has 1 aromatic heterocycles. The molecule has 0 atom stereocenters.